The van der Waals surface area contributed by atoms with Gasteiger partial charge in [-0.05, 0) is 69.1 Å². The first-order chi connectivity index (χ1) is 30.8. The molecular weight excluding hydrogens is 853 g/mol. The van der Waals surface area contributed by atoms with E-state index in [-0.39, 0.29) is 32.1 Å². The molecule has 7 N–H and O–H groups in total. The minimum Gasteiger partial charge on any atom is -0.375 e. The summed E-state index contributed by atoms with van der Waals surface area (Å²) in [6.07, 6.45) is 2.94. The third-order valence-electron chi connectivity index (χ3n) is 12.8. The van der Waals surface area contributed by atoms with Crippen molar-refractivity contribution < 1.29 is 47.9 Å². The largest absolute Gasteiger partial charge is 0.375 e. The molecule has 5 unspecified atom stereocenters. The summed E-state index contributed by atoms with van der Waals surface area (Å²) in [5.74, 6) is -7.84. The second-order valence-corrected chi connectivity index (χ2v) is 20.0. The van der Waals surface area contributed by atoms with E-state index < -0.39 is 137 Å². The molecule has 0 aromatic carbocycles. The van der Waals surface area contributed by atoms with Crippen LogP contribution in [0.25, 0.3) is 0 Å². The van der Waals surface area contributed by atoms with Gasteiger partial charge in [-0.25, -0.2) is 0 Å². The molecule has 0 aromatic heterocycles. The number of ketones is 1. The summed E-state index contributed by atoms with van der Waals surface area (Å²) in [6.45, 7) is 20.4. The minimum atomic E-state index is -1.14. The van der Waals surface area contributed by atoms with E-state index in [0.29, 0.717) is 31.4 Å². The average molecular weight is 927 g/mol. The maximum Gasteiger partial charge on any atom is 0.246 e. The fourth-order valence-corrected chi connectivity index (χ4v) is 8.74. The van der Waals surface area contributed by atoms with Gasteiger partial charge in [0.25, 0.3) is 0 Å². The van der Waals surface area contributed by atoms with Gasteiger partial charge in [-0.3, -0.25) is 47.9 Å². The molecule has 4 heterocycles. The van der Waals surface area contributed by atoms with Gasteiger partial charge in [-0.1, -0.05) is 69.2 Å². The number of hydrogen-bond acceptors (Lipinski definition) is 11. The first-order valence-electron chi connectivity index (χ1n) is 23.6. The molecule has 0 saturated carbocycles. The van der Waals surface area contributed by atoms with E-state index in [1.54, 1.807) is 69.2 Å². The van der Waals surface area contributed by atoms with Crippen molar-refractivity contribution in [1.29, 1.82) is 0 Å². The van der Waals surface area contributed by atoms with E-state index in [2.05, 4.69) is 37.2 Å². The van der Waals surface area contributed by atoms with Gasteiger partial charge in [-0.2, -0.15) is 0 Å². The van der Waals surface area contributed by atoms with E-state index in [4.69, 9.17) is 0 Å². The molecule has 20 heteroatoms. The predicted octanol–water partition coefficient (Wildman–Crippen LogP) is -0.536. The monoisotopic (exact) mass is 927 g/mol. The molecule has 66 heavy (non-hydrogen) atoms. The van der Waals surface area contributed by atoms with E-state index in [9.17, 15) is 47.9 Å². The summed E-state index contributed by atoms with van der Waals surface area (Å²) in [6, 6.07) is -9.54. The Morgan fingerprint density at radius 3 is 1.18 bits per heavy atom. The molecule has 0 aromatic rings. The van der Waals surface area contributed by atoms with Crippen LogP contribution in [0.15, 0.2) is 11.8 Å². The molecule has 20 nitrogen and oxygen atoms in total. The lowest BCUT2D eigenvalue weighted by Gasteiger charge is -2.36. The van der Waals surface area contributed by atoms with Crippen LogP contribution in [0.3, 0.4) is 0 Å². The Morgan fingerprint density at radius 2 is 0.773 bits per heavy atom. The molecule has 4 rings (SSSR count). The number of hydrogen-bond donors (Lipinski definition) is 7. The van der Waals surface area contributed by atoms with Crippen molar-refractivity contribution in [2.45, 2.75) is 163 Å². The van der Waals surface area contributed by atoms with Crippen LogP contribution in [-0.4, -0.2) is 154 Å². The van der Waals surface area contributed by atoms with Crippen molar-refractivity contribution >= 4 is 58.9 Å². The highest BCUT2D eigenvalue weighted by Gasteiger charge is 2.43. The second-order valence-electron chi connectivity index (χ2n) is 20.0. The topological polar surface area (TPSA) is 265 Å². The number of nitrogens with zero attached hydrogens (tertiary/aromatic N) is 3. The SMILES string of the molecule is CC(C)C1NC(=O)C(C(C)C)NC(=O)[C@H](C)NC(=O)[C@H]2CCCN2C(=O)C(C(C)C)NC2=CC(=O)CN(C2)C(=O)C(C(C)C)NC(=O)[C@H](C)NC(=O)[C@H]2CCCN2C(=O)C(C(C)C)NC1=O. The van der Waals surface area contributed by atoms with Crippen LogP contribution in [-0.2, 0) is 47.9 Å². The molecule has 3 saturated heterocycles. The third-order valence-corrected chi connectivity index (χ3v) is 12.8. The summed E-state index contributed by atoms with van der Waals surface area (Å²) >= 11 is 0. The van der Waals surface area contributed by atoms with Crippen LogP contribution in [0.4, 0.5) is 0 Å². The molecule has 4 aliphatic rings. The van der Waals surface area contributed by atoms with E-state index >= 15 is 0 Å². The zero-order valence-electron chi connectivity index (χ0n) is 40.7. The molecular formula is C46H74N10O10. The third kappa shape index (κ3) is 12.9. The van der Waals surface area contributed by atoms with Crippen LogP contribution < -0.4 is 37.2 Å². The molecule has 4 aliphatic heterocycles. The smallest absolute Gasteiger partial charge is 0.246 e. The molecule has 9 amide bonds. The van der Waals surface area contributed by atoms with E-state index in [1.807, 2.05) is 0 Å². The molecule has 0 aliphatic carbocycles. The Balaban J connectivity index is 1.69. The van der Waals surface area contributed by atoms with Crippen LogP contribution in [0.2, 0.25) is 0 Å². The van der Waals surface area contributed by atoms with Gasteiger partial charge in [0.05, 0.1) is 13.1 Å². The summed E-state index contributed by atoms with van der Waals surface area (Å²) in [5.41, 5.74) is 0.296. The molecule has 2 bridgehead atoms. The highest BCUT2D eigenvalue weighted by molar-refractivity contribution is 6.00. The Morgan fingerprint density at radius 1 is 0.424 bits per heavy atom. The summed E-state index contributed by atoms with van der Waals surface area (Å²) in [7, 11) is 0. The number of nitrogens with one attached hydrogen (secondary N) is 7. The van der Waals surface area contributed by atoms with Crippen molar-refractivity contribution in [3.63, 3.8) is 0 Å². The first kappa shape index (κ1) is 53.1. The molecule has 0 spiro atoms. The van der Waals surface area contributed by atoms with Crippen molar-refractivity contribution in [3.8, 4) is 0 Å². The van der Waals surface area contributed by atoms with Crippen LogP contribution in [0.5, 0.6) is 0 Å². The van der Waals surface area contributed by atoms with Gasteiger partial charge < -0.3 is 51.9 Å². The van der Waals surface area contributed by atoms with Crippen LogP contribution in [0, 0.1) is 29.6 Å². The standard InChI is InChI=1S/C46H74N10O10/c1-22(2)33-42(62)51-34(23(3)4)43(63)53-37(26(9)10)46(66)56-18-14-16-32(56)41(61)48-28(12)39(59)52-35(24(5)6)44(64)54-20-29(19-30(57)21-54)49-36(25(7)8)45(65)55-17-13-15-31(55)40(60)47-27(11)38(58)50-33/h19,22-28,31-37,49H,13-18,20-21H2,1-12H3,(H,47,60)(H,48,61)(H,50,58)(H,51,62)(H,52,59)(H,53,63)/t27-,28-,31+,32+,33?,34?,35?,36?,37?/m0/s1. The molecule has 368 valence electrons. The number of fused-ring (bicyclic) bond motifs is 4. The van der Waals surface area contributed by atoms with Crippen LogP contribution >= 0.6 is 0 Å². The second kappa shape index (κ2) is 22.8. The first-order valence-corrected chi connectivity index (χ1v) is 23.6. The maximum atomic E-state index is 14.3. The normalized spacial score (nSPS) is 30.1. The number of amides is 9. The summed E-state index contributed by atoms with van der Waals surface area (Å²) in [5, 5.41) is 19.6. The summed E-state index contributed by atoms with van der Waals surface area (Å²) in [4.78, 5) is 143. The lowest BCUT2D eigenvalue weighted by Crippen LogP contribution is -2.62. The van der Waals surface area contributed by atoms with Crippen molar-refractivity contribution in [2.24, 2.45) is 29.6 Å². The zero-order chi connectivity index (χ0) is 49.5. The van der Waals surface area contributed by atoms with Gasteiger partial charge in [-0.15, -0.1) is 0 Å². The summed E-state index contributed by atoms with van der Waals surface area (Å²) < 4.78 is 0. The van der Waals surface area contributed by atoms with Gasteiger partial charge in [0.1, 0.15) is 54.4 Å². The Hall–Kier alpha value is -5.56. The van der Waals surface area contributed by atoms with E-state index in [1.165, 1.54) is 34.6 Å². The molecule has 0 radical (unpaired) electrons. The van der Waals surface area contributed by atoms with Crippen molar-refractivity contribution in [2.75, 3.05) is 26.2 Å². The Kier molecular flexibility index (Phi) is 18.3. The van der Waals surface area contributed by atoms with Gasteiger partial charge in [0.2, 0.25) is 53.2 Å². The Labute approximate surface area is 388 Å². The van der Waals surface area contributed by atoms with Crippen molar-refractivity contribution in [3.05, 3.63) is 11.8 Å². The maximum absolute atomic E-state index is 14.3. The lowest BCUT2D eigenvalue weighted by atomic mass is 9.97. The highest BCUT2D eigenvalue weighted by Crippen LogP contribution is 2.24. The average Bonchev–Trinajstić information content (AvgIpc) is 3.94. The number of carbonyl (C=O) groups is 10. The molecule has 9 atom stereocenters. The van der Waals surface area contributed by atoms with E-state index in [0.717, 1.165) is 0 Å². The highest BCUT2D eigenvalue weighted by atomic mass is 16.2. The van der Waals surface area contributed by atoms with Gasteiger partial charge >= 0.3 is 0 Å². The van der Waals surface area contributed by atoms with Gasteiger partial charge in [0, 0.05) is 24.9 Å². The fourth-order valence-electron chi connectivity index (χ4n) is 8.74. The zero-order valence-corrected chi connectivity index (χ0v) is 40.7. The number of rotatable bonds is 5. The lowest BCUT2D eigenvalue weighted by molar-refractivity contribution is -0.144. The predicted molar refractivity (Wildman–Crippen MR) is 243 cm³/mol. The van der Waals surface area contributed by atoms with Gasteiger partial charge in [0.15, 0.2) is 5.78 Å². The quantitative estimate of drug-likeness (QED) is 0.184. The Bertz CT molecular complexity index is 1920. The number of carbonyl (C=O) groups excluding carboxylic acids is 10. The van der Waals surface area contributed by atoms with Crippen LogP contribution in [0.1, 0.15) is 109 Å². The minimum absolute atomic E-state index is 0.0834. The fraction of sp³-hybridized carbons (Fsp3) is 0.739. The van der Waals surface area contributed by atoms with Crippen molar-refractivity contribution in [1.82, 2.24) is 51.9 Å². The molecule has 3 fully saturated rings.